The lowest BCUT2D eigenvalue weighted by Gasteiger charge is -2.09. The third kappa shape index (κ3) is 4.20. The molecule has 0 atom stereocenters. The Morgan fingerprint density at radius 2 is 2.22 bits per heavy atom. The Balaban J connectivity index is 1.90. The standard InChI is InChI=1S/C18H16N6OS2/c19-8-15-14(13-4-5-26-10-13)7-16(25)22-18(15)27-9-11-2-1-3-12(6-11)17(23-20)24-21/h1-7,10H,9,20-21H2,(H,22,25)(H,23,24). The Hall–Kier alpha value is -3.06. The number of hydrogen-bond acceptors (Lipinski definition) is 7. The second kappa shape index (κ2) is 8.55. The largest absolute Gasteiger partial charge is 0.321 e. The highest BCUT2D eigenvalue weighted by Gasteiger charge is 2.14. The summed E-state index contributed by atoms with van der Waals surface area (Å²) in [5.41, 5.74) is 5.90. The Morgan fingerprint density at radius 1 is 1.37 bits per heavy atom. The topological polar surface area (TPSA) is 133 Å². The minimum absolute atomic E-state index is 0.240. The summed E-state index contributed by atoms with van der Waals surface area (Å²) in [7, 11) is 0. The number of aromatic amines is 1. The molecule has 1 aromatic carbocycles. The number of pyridine rings is 1. The highest BCUT2D eigenvalue weighted by Crippen LogP contribution is 2.31. The van der Waals surface area contributed by atoms with Gasteiger partial charge in [-0.25, -0.2) is 5.84 Å². The highest BCUT2D eigenvalue weighted by atomic mass is 32.2. The van der Waals surface area contributed by atoms with Crippen molar-refractivity contribution in [2.45, 2.75) is 10.8 Å². The number of nitrogens with zero attached hydrogens (tertiary/aromatic N) is 2. The fourth-order valence-electron chi connectivity index (χ4n) is 2.56. The number of aromatic nitrogens is 1. The van der Waals surface area contributed by atoms with Crippen LogP contribution in [0.4, 0.5) is 0 Å². The molecule has 0 aliphatic heterocycles. The maximum atomic E-state index is 12.1. The average molecular weight is 397 g/mol. The number of H-pyrrole nitrogens is 1. The number of rotatable bonds is 5. The predicted octanol–water partition coefficient (Wildman–Crippen LogP) is 2.35. The Morgan fingerprint density at radius 3 is 2.89 bits per heavy atom. The molecule has 0 amide bonds. The Labute approximate surface area is 163 Å². The van der Waals surface area contributed by atoms with Gasteiger partial charge in [0, 0.05) is 22.9 Å². The van der Waals surface area contributed by atoms with Gasteiger partial charge in [-0.3, -0.25) is 4.79 Å². The third-order valence-electron chi connectivity index (χ3n) is 3.80. The minimum atomic E-state index is -0.240. The molecule has 0 saturated carbocycles. The Kier molecular flexibility index (Phi) is 5.93. The number of nitriles is 1. The molecule has 0 aliphatic rings. The van der Waals surface area contributed by atoms with Gasteiger partial charge in [0.15, 0.2) is 5.84 Å². The zero-order valence-electron chi connectivity index (χ0n) is 14.1. The van der Waals surface area contributed by atoms with Crippen molar-refractivity contribution in [2.75, 3.05) is 0 Å². The van der Waals surface area contributed by atoms with E-state index in [0.717, 1.165) is 16.7 Å². The molecule has 0 fully saturated rings. The van der Waals surface area contributed by atoms with Crippen molar-refractivity contribution in [2.24, 2.45) is 16.8 Å². The normalized spacial score (nSPS) is 11.2. The van der Waals surface area contributed by atoms with Gasteiger partial charge in [0.1, 0.15) is 6.07 Å². The molecular weight excluding hydrogens is 380 g/mol. The molecular formula is C18H16N6OS2. The van der Waals surface area contributed by atoms with Crippen LogP contribution >= 0.6 is 23.1 Å². The number of hydrazine groups is 1. The van der Waals surface area contributed by atoms with E-state index in [1.807, 2.05) is 41.1 Å². The van der Waals surface area contributed by atoms with Gasteiger partial charge in [-0.05, 0) is 34.0 Å². The number of nitrogens with one attached hydrogen (secondary N) is 2. The minimum Gasteiger partial charge on any atom is -0.321 e. The Bertz CT molecular complexity index is 1070. The van der Waals surface area contributed by atoms with Crippen LogP contribution in [0.5, 0.6) is 0 Å². The van der Waals surface area contributed by atoms with Crippen molar-refractivity contribution in [1.29, 1.82) is 5.26 Å². The number of amidine groups is 1. The number of hydrogen-bond donors (Lipinski definition) is 4. The third-order valence-corrected chi connectivity index (χ3v) is 5.56. The molecule has 9 heteroatoms. The maximum Gasteiger partial charge on any atom is 0.249 e. The first kappa shape index (κ1) is 18.7. The first-order chi connectivity index (χ1) is 13.2. The summed E-state index contributed by atoms with van der Waals surface area (Å²) in [6.07, 6.45) is 0. The lowest BCUT2D eigenvalue weighted by atomic mass is 10.1. The molecule has 3 aromatic rings. The van der Waals surface area contributed by atoms with E-state index in [-0.39, 0.29) is 5.56 Å². The lowest BCUT2D eigenvalue weighted by Crippen LogP contribution is -2.32. The van der Waals surface area contributed by atoms with Gasteiger partial charge >= 0.3 is 0 Å². The molecule has 0 saturated heterocycles. The summed E-state index contributed by atoms with van der Waals surface area (Å²) in [4.78, 5) is 14.9. The summed E-state index contributed by atoms with van der Waals surface area (Å²) in [6.45, 7) is 0. The van der Waals surface area contributed by atoms with E-state index >= 15 is 0 Å². The summed E-state index contributed by atoms with van der Waals surface area (Å²) < 4.78 is 0. The zero-order valence-corrected chi connectivity index (χ0v) is 15.7. The fraction of sp³-hybridized carbons (Fsp3) is 0.0556. The van der Waals surface area contributed by atoms with Crippen LogP contribution in [0.15, 0.2) is 62.1 Å². The first-order valence-corrected chi connectivity index (χ1v) is 9.75. The van der Waals surface area contributed by atoms with Crippen LogP contribution in [-0.4, -0.2) is 10.8 Å². The number of nitrogens with two attached hydrogens (primary N) is 2. The van der Waals surface area contributed by atoms with Gasteiger partial charge in [-0.1, -0.05) is 18.2 Å². The van der Waals surface area contributed by atoms with E-state index in [0.29, 0.717) is 27.7 Å². The molecule has 7 nitrogen and oxygen atoms in total. The van der Waals surface area contributed by atoms with Gasteiger partial charge in [0.25, 0.3) is 0 Å². The van der Waals surface area contributed by atoms with Gasteiger partial charge in [0.2, 0.25) is 5.56 Å². The second-order valence-corrected chi connectivity index (χ2v) is 7.25. The lowest BCUT2D eigenvalue weighted by molar-refractivity contribution is 1.00. The molecule has 0 radical (unpaired) electrons. The summed E-state index contributed by atoms with van der Waals surface area (Å²) >= 11 is 2.91. The van der Waals surface area contributed by atoms with Crippen molar-refractivity contribution < 1.29 is 0 Å². The van der Waals surface area contributed by atoms with Crippen molar-refractivity contribution in [3.63, 3.8) is 0 Å². The van der Waals surface area contributed by atoms with E-state index in [9.17, 15) is 10.1 Å². The number of thiophene rings is 1. The fourth-order valence-corrected chi connectivity index (χ4v) is 4.18. The summed E-state index contributed by atoms with van der Waals surface area (Å²) in [5.74, 6) is 11.6. The van der Waals surface area contributed by atoms with Crippen molar-refractivity contribution in [3.05, 3.63) is 74.2 Å². The van der Waals surface area contributed by atoms with Crippen molar-refractivity contribution >= 4 is 28.9 Å². The van der Waals surface area contributed by atoms with Gasteiger partial charge in [-0.2, -0.15) is 21.7 Å². The van der Waals surface area contributed by atoms with Gasteiger partial charge in [0.05, 0.1) is 10.6 Å². The van der Waals surface area contributed by atoms with Crippen LogP contribution in [0.25, 0.3) is 11.1 Å². The molecule has 2 heterocycles. The van der Waals surface area contributed by atoms with Crippen molar-refractivity contribution in [1.82, 2.24) is 10.4 Å². The van der Waals surface area contributed by atoms with Crippen molar-refractivity contribution in [3.8, 4) is 17.2 Å². The maximum absolute atomic E-state index is 12.1. The SMILES string of the molecule is N#Cc1c(-c2ccsc2)cc(=O)[nH]c1SCc1cccc(/C(=N/N)NN)c1. The van der Waals surface area contributed by atoms with Gasteiger partial charge < -0.3 is 16.3 Å². The van der Waals surface area contributed by atoms with Crippen LogP contribution in [-0.2, 0) is 5.75 Å². The molecule has 0 unspecified atom stereocenters. The zero-order chi connectivity index (χ0) is 19.2. The quantitative estimate of drug-likeness (QED) is 0.172. The monoisotopic (exact) mass is 396 g/mol. The molecule has 6 N–H and O–H groups in total. The predicted molar refractivity (Wildman–Crippen MR) is 109 cm³/mol. The van der Waals surface area contributed by atoms with E-state index in [1.54, 1.807) is 0 Å². The molecule has 2 aromatic heterocycles. The van der Waals surface area contributed by atoms with E-state index in [2.05, 4.69) is 21.6 Å². The second-order valence-electron chi connectivity index (χ2n) is 5.49. The molecule has 3 rings (SSSR count). The number of thioether (sulfide) groups is 1. The number of hydrazone groups is 1. The highest BCUT2D eigenvalue weighted by molar-refractivity contribution is 7.98. The van der Waals surface area contributed by atoms with Crippen LogP contribution < -0.4 is 22.7 Å². The van der Waals surface area contributed by atoms with E-state index in [1.165, 1.54) is 29.2 Å². The molecule has 0 spiro atoms. The van der Waals surface area contributed by atoms with Crippen LogP contribution in [0.2, 0.25) is 0 Å². The van der Waals surface area contributed by atoms with Gasteiger partial charge in [-0.15, -0.1) is 11.8 Å². The smallest absolute Gasteiger partial charge is 0.249 e. The van der Waals surface area contributed by atoms with Crippen LogP contribution in [0, 0.1) is 11.3 Å². The molecule has 136 valence electrons. The summed E-state index contributed by atoms with van der Waals surface area (Å²) in [5, 5.41) is 17.6. The summed E-state index contributed by atoms with van der Waals surface area (Å²) in [6, 6.07) is 13.1. The number of benzene rings is 1. The first-order valence-electron chi connectivity index (χ1n) is 7.83. The van der Waals surface area contributed by atoms with Crippen LogP contribution in [0.3, 0.4) is 0 Å². The molecule has 27 heavy (non-hydrogen) atoms. The average Bonchev–Trinajstić information content (AvgIpc) is 3.22. The van der Waals surface area contributed by atoms with Crippen LogP contribution in [0.1, 0.15) is 16.7 Å². The van der Waals surface area contributed by atoms with E-state index in [4.69, 9.17) is 11.7 Å². The van der Waals surface area contributed by atoms with E-state index < -0.39 is 0 Å². The molecule has 0 bridgehead atoms. The molecule has 0 aliphatic carbocycles.